The fourth-order valence-electron chi connectivity index (χ4n) is 2.89. The van der Waals surface area contributed by atoms with Crippen LogP contribution in [-0.2, 0) is 6.42 Å². The Labute approximate surface area is 98.6 Å². The van der Waals surface area contributed by atoms with Gasteiger partial charge < -0.3 is 10.6 Å². The highest BCUT2D eigenvalue weighted by Crippen LogP contribution is 2.39. The monoisotopic (exact) mass is 266 g/mol. The van der Waals surface area contributed by atoms with Crippen LogP contribution in [0, 0.1) is 0 Å². The summed E-state index contributed by atoms with van der Waals surface area (Å²) in [6.07, 6.45) is 5.09. The van der Waals surface area contributed by atoms with E-state index in [2.05, 4.69) is 39.0 Å². The first kappa shape index (κ1) is 9.67. The number of halogens is 1. The van der Waals surface area contributed by atoms with Crippen LogP contribution in [0.3, 0.4) is 0 Å². The van der Waals surface area contributed by atoms with E-state index in [9.17, 15) is 0 Å². The molecule has 2 atom stereocenters. The maximum Gasteiger partial charge on any atom is 0.0774 e. The third kappa shape index (κ3) is 1.49. The molecule has 1 aromatic carbocycles. The van der Waals surface area contributed by atoms with Crippen molar-refractivity contribution < 1.29 is 0 Å². The molecule has 0 aliphatic carbocycles. The van der Waals surface area contributed by atoms with E-state index in [1.807, 2.05) is 0 Å². The summed E-state index contributed by atoms with van der Waals surface area (Å²) in [4.78, 5) is 2.42. The fourth-order valence-corrected chi connectivity index (χ4v) is 3.24. The summed E-state index contributed by atoms with van der Waals surface area (Å²) >= 11 is 3.53. The Kier molecular flexibility index (Phi) is 2.25. The summed E-state index contributed by atoms with van der Waals surface area (Å²) in [5.74, 6) is 0. The molecule has 2 N–H and O–H groups in total. The molecule has 2 nitrogen and oxygen atoms in total. The van der Waals surface area contributed by atoms with E-state index in [1.54, 1.807) is 0 Å². The molecule has 1 aromatic rings. The first-order valence-electron chi connectivity index (χ1n) is 5.58. The molecule has 80 valence electrons. The molecule has 0 aromatic heterocycles. The van der Waals surface area contributed by atoms with Crippen LogP contribution in [0.2, 0.25) is 0 Å². The number of piperidine rings is 1. The fraction of sp³-hybridized carbons (Fsp3) is 0.500. The second kappa shape index (κ2) is 3.49. The molecule has 3 heteroatoms. The van der Waals surface area contributed by atoms with Crippen LogP contribution in [0.25, 0.3) is 0 Å². The molecule has 2 aliphatic rings. The normalized spacial score (nSPS) is 28.8. The van der Waals surface area contributed by atoms with Crippen molar-refractivity contribution in [1.82, 2.24) is 0 Å². The van der Waals surface area contributed by atoms with E-state index in [4.69, 9.17) is 5.73 Å². The number of anilines is 1. The number of nitrogens with zero attached hydrogens (tertiary/aromatic N) is 1. The zero-order chi connectivity index (χ0) is 10.4. The van der Waals surface area contributed by atoms with Gasteiger partial charge in [-0.25, -0.2) is 0 Å². The van der Waals surface area contributed by atoms with Crippen LogP contribution < -0.4 is 10.6 Å². The molecule has 1 saturated heterocycles. The molecule has 0 amide bonds. The van der Waals surface area contributed by atoms with Gasteiger partial charge in [-0.05, 0) is 43.4 Å². The molecule has 0 spiro atoms. The first-order chi connectivity index (χ1) is 7.25. The summed E-state index contributed by atoms with van der Waals surface area (Å²) in [6, 6.07) is 7.21. The highest BCUT2D eigenvalue weighted by atomic mass is 79.9. The van der Waals surface area contributed by atoms with E-state index >= 15 is 0 Å². The van der Waals surface area contributed by atoms with Crippen LogP contribution >= 0.6 is 15.9 Å². The van der Waals surface area contributed by atoms with E-state index in [-0.39, 0.29) is 6.17 Å². The Morgan fingerprint density at radius 3 is 3.07 bits per heavy atom. The largest absolute Gasteiger partial charge is 0.353 e. The van der Waals surface area contributed by atoms with Crippen molar-refractivity contribution in [1.29, 1.82) is 0 Å². The number of fused-ring (bicyclic) bond motifs is 3. The molecule has 15 heavy (non-hydrogen) atoms. The summed E-state index contributed by atoms with van der Waals surface area (Å²) < 4.78 is 1.15. The zero-order valence-electron chi connectivity index (χ0n) is 8.62. The molecule has 0 saturated carbocycles. The Balaban J connectivity index is 2.04. The third-order valence-corrected chi connectivity index (χ3v) is 4.06. The van der Waals surface area contributed by atoms with Gasteiger partial charge in [0.1, 0.15) is 0 Å². The number of hydrogen-bond acceptors (Lipinski definition) is 2. The predicted octanol–water partition coefficient (Wildman–Crippen LogP) is 2.65. The van der Waals surface area contributed by atoms with Crippen molar-refractivity contribution in [2.75, 3.05) is 4.90 Å². The van der Waals surface area contributed by atoms with Crippen molar-refractivity contribution in [2.45, 2.75) is 37.9 Å². The minimum absolute atomic E-state index is 0.222. The smallest absolute Gasteiger partial charge is 0.0774 e. The molecule has 0 bridgehead atoms. The van der Waals surface area contributed by atoms with Crippen molar-refractivity contribution >= 4 is 21.6 Å². The average molecular weight is 267 g/mol. The lowest BCUT2D eigenvalue weighted by molar-refractivity contribution is 0.401. The van der Waals surface area contributed by atoms with Gasteiger partial charge in [0.2, 0.25) is 0 Å². The lowest BCUT2D eigenvalue weighted by Gasteiger charge is -2.37. The van der Waals surface area contributed by atoms with Gasteiger partial charge in [0.05, 0.1) is 6.17 Å². The topological polar surface area (TPSA) is 29.3 Å². The van der Waals surface area contributed by atoms with Gasteiger partial charge in [-0.3, -0.25) is 0 Å². The molecule has 2 unspecified atom stereocenters. The van der Waals surface area contributed by atoms with Gasteiger partial charge in [0.15, 0.2) is 0 Å². The van der Waals surface area contributed by atoms with Crippen molar-refractivity contribution in [2.24, 2.45) is 5.73 Å². The third-order valence-electron chi connectivity index (χ3n) is 3.57. The zero-order valence-corrected chi connectivity index (χ0v) is 10.2. The van der Waals surface area contributed by atoms with Gasteiger partial charge in [0, 0.05) is 16.2 Å². The highest BCUT2D eigenvalue weighted by Gasteiger charge is 2.35. The summed E-state index contributed by atoms with van der Waals surface area (Å²) in [5, 5.41) is 0. The first-order valence-corrected chi connectivity index (χ1v) is 6.37. The van der Waals surface area contributed by atoms with E-state index in [1.165, 1.54) is 30.5 Å². The minimum Gasteiger partial charge on any atom is -0.353 e. The van der Waals surface area contributed by atoms with E-state index < -0.39 is 0 Å². The molecular formula is C12H15BrN2. The number of hydrogen-bond donors (Lipinski definition) is 1. The maximum absolute atomic E-state index is 6.20. The van der Waals surface area contributed by atoms with Gasteiger partial charge in [0.25, 0.3) is 0 Å². The average Bonchev–Trinajstić information content (AvgIpc) is 2.57. The Bertz CT molecular complexity index is 391. The van der Waals surface area contributed by atoms with E-state index in [0.29, 0.717) is 6.04 Å². The Morgan fingerprint density at radius 1 is 1.33 bits per heavy atom. The second-order valence-electron chi connectivity index (χ2n) is 4.54. The van der Waals surface area contributed by atoms with Crippen molar-refractivity contribution in [3.63, 3.8) is 0 Å². The van der Waals surface area contributed by atoms with E-state index in [0.717, 1.165) is 10.9 Å². The Hall–Kier alpha value is -0.540. The van der Waals surface area contributed by atoms with Crippen LogP contribution in [0.4, 0.5) is 5.69 Å². The lowest BCUT2D eigenvalue weighted by atomic mass is 10.00. The van der Waals surface area contributed by atoms with Crippen molar-refractivity contribution in [3.05, 3.63) is 28.2 Å². The predicted molar refractivity (Wildman–Crippen MR) is 65.9 cm³/mol. The molecule has 0 radical (unpaired) electrons. The van der Waals surface area contributed by atoms with Crippen LogP contribution in [0.1, 0.15) is 24.8 Å². The quantitative estimate of drug-likeness (QED) is 0.783. The number of rotatable bonds is 0. The summed E-state index contributed by atoms with van der Waals surface area (Å²) in [7, 11) is 0. The van der Waals surface area contributed by atoms with Gasteiger partial charge in [-0.2, -0.15) is 0 Å². The lowest BCUT2D eigenvalue weighted by Crippen LogP contribution is -2.49. The van der Waals surface area contributed by atoms with Crippen molar-refractivity contribution in [3.8, 4) is 0 Å². The standard InChI is InChI=1S/C12H15BrN2/c13-9-5-4-8-6-10-2-1-3-12(14)15(10)11(8)7-9/h4-5,7,10,12H,1-3,6,14H2. The minimum atomic E-state index is 0.222. The van der Waals surface area contributed by atoms with Gasteiger partial charge in [-0.15, -0.1) is 0 Å². The molecule has 2 aliphatic heterocycles. The second-order valence-corrected chi connectivity index (χ2v) is 5.45. The SMILES string of the molecule is NC1CCCC2Cc3ccc(Br)cc3N12. The van der Waals surface area contributed by atoms with Gasteiger partial charge in [-0.1, -0.05) is 22.0 Å². The highest BCUT2D eigenvalue weighted by molar-refractivity contribution is 9.10. The molecule has 3 rings (SSSR count). The number of benzene rings is 1. The molecule has 1 fully saturated rings. The molecular weight excluding hydrogens is 252 g/mol. The van der Waals surface area contributed by atoms with Crippen LogP contribution in [-0.4, -0.2) is 12.2 Å². The van der Waals surface area contributed by atoms with Crippen LogP contribution in [0.5, 0.6) is 0 Å². The maximum atomic E-state index is 6.20. The van der Waals surface area contributed by atoms with Gasteiger partial charge >= 0.3 is 0 Å². The number of nitrogens with two attached hydrogens (primary N) is 1. The summed E-state index contributed by atoms with van der Waals surface area (Å²) in [5.41, 5.74) is 9.00. The van der Waals surface area contributed by atoms with Crippen LogP contribution in [0.15, 0.2) is 22.7 Å². The summed E-state index contributed by atoms with van der Waals surface area (Å²) in [6.45, 7) is 0. The Morgan fingerprint density at radius 2 is 2.20 bits per heavy atom. The molecule has 2 heterocycles.